The number of carbonyl (C=O) groups excluding carboxylic acids is 1. The molecule has 1 aromatic heterocycles. The van der Waals surface area contributed by atoms with Gasteiger partial charge in [0.1, 0.15) is 12.3 Å². The summed E-state index contributed by atoms with van der Waals surface area (Å²) in [5.74, 6) is 0.976. The number of aromatic nitrogens is 1. The molecule has 0 N–H and O–H groups in total. The highest BCUT2D eigenvalue weighted by Gasteiger charge is 2.21. The van der Waals surface area contributed by atoms with Gasteiger partial charge in [0.05, 0.1) is 7.11 Å². The minimum atomic E-state index is 0.152. The summed E-state index contributed by atoms with van der Waals surface area (Å²) in [7, 11) is 1.66. The van der Waals surface area contributed by atoms with Crippen molar-refractivity contribution in [3.8, 4) is 5.75 Å². The predicted molar refractivity (Wildman–Crippen MR) is 109 cm³/mol. The highest BCUT2D eigenvalue weighted by Crippen LogP contribution is 2.23. The lowest BCUT2D eigenvalue weighted by Gasteiger charge is -2.36. The van der Waals surface area contributed by atoms with Gasteiger partial charge in [0.15, 0.2) is 0 Å². The Kier molecular flexibility index (Phi) is 4.94. The van der Waals surface area contributed by atoms with Gasteiger partial charge in [0.2, 0.25) is 5.91 Å². The van der Waals surface area contributed by atoms with Crippen molar-refractivity contribution in [1.82, 2.24) is 9.47 Å². The summed E-state index contributed by atoms with van der Waals surface area (Å²) in [6.07, 6.45) is 1.96. The molecule has 6 heteroatoms. The molecule has 4 rings (SSSR count). The smallest absolute Gasteiger partial charge is 0.242 e. The van der Waals surface area contributed by atoms with Crippen LogP contribution in [-0.4, -0.2) is 48.7 Å². The van der Waals surface area contributed by atoms with Gasteiger partial charge in [-0.1, -0.05) is 11.6 Å². The number of anilines is 1. The molecule has 0 aliphatic carbocycles. The molecule has 0 atom stereocenters. The van der Waals surface area contributed by atoms with Crippen LogP contribution in [0.5, 0.6) is 5.75 Å². The Labute approximate surface area is 163 Å². The third kappa shape index (κ3) is 3.74. The quantitative estimate of drug-likeness (QED) is 0.690. The zero-order valence-electron chi connectivity index (χ0n) is 15.3. The van der Waals surface area contributed by atoms with Crippen molar-refractivity contribution in [3.05, 3.63) is 59.8 Å². The summed E-state index contributed by atoms with van der Waals surface area (Å²) in [6.45, 7) is 3.48. The molecule has 1 aliphatic heterocycles. The molecule has 1 amide bonds. The molecule has 0 bridgehead atoms. The topological polar surface area (TPSA) is 37.7 Å². The van der Waals surface area contributed by atoms with Crippen LogP contribution in [0.2, 0.25) is 5.02 Å². The average Bonchev–Trinajstić information content (AvgIpc) is 3.10. The summed E-state index contributed by atoms with van der Waals surface area (Å²) in [5, 5.41) is 1.82. The molecule has 27 heavy (non-hydrogen) atoms. The zero-order valence-corrected chi connectivity index (χ0v) is 16.0. The maximum absolute atomic E-state index is 12.8. The molecule has 140 valence electrons. The second-order valence-electron chi connectivity index (χ2n) is 6.71. The van der Waals surface area contributed by atoms with Crippen molar-refractivity contribution in [2.45, 2.75) is 6.54 Å². The highest BCUT2D eigenvalue weighted by molar-refractivity contribution is 6.30. The number of hydrogen-bond acceptors (Lipinski definition) is 3. The second kappa shape index (κ2) is 7.53. The normalized spacial score (nSPS) is 14.6. The minimum absolute atomic E-state index is 0.152. The van der Waals surface area contributed by atoms with E-state index in [0.717, 1.165) is 53.5 Å². The van der Waals surface area contributed by atoms with E-state index in [2.05, 4.69) is 4.90 Å². The SMILES string of the molecule is COc1ccc2c(ccn2CC(=O)N2CCN(c3ccc(Cl)cc3)CC2)c1. The number of nitrogens with zero attached hydrogens (tertiary/aromatic N) is 3. The van der Waals surface area contributed by atoms with E-state index in [4.69, 9.17) is 16.3 Å². The van der Waals surface area contributed by atoms with Crippen molar-refractivity contribution in [1.29, 1.82) is 0 Å². The Bertz CT molecular complexity index is 944. The van der Waals surface area contributed by atoms with Gasteiger partial charge in [-0.2, -0.15) is 0 Å². The predicted octanol–water partition coefficient (Wildman–Crippen LogP) is 3.65. The van der Waals surface area contributed by atoms with E-state index < -0.39 is 0 Å². The number of ether oxygens (including phenoxy) is 1. The van der Waals surface area contributed by atoms with E-state index in [1.807, 2.05) is 64.2 Å². The van der Waals surface area contributed by atoms with Gasteiger partial charge in [0.25, 0.3) is 0 Å². The summed E-state index contributed by atoms with van der Waals surface area (Å²) < 4.78 is 7.27. The number of carbonyl (C=O) groups is 1. The van der Waals surface area contributed by atoms with Crippen LogP contribution in [0.25, 0.3) is 10.9 Å². The fraction of sp³-hybridized carbons (Fsp3) is 0.286. The van der Waals surface area contributed by atoms with Crippen LogP contribution in [0.1, 0.15) is 0 Å². The molecule has 0 radical (unpaired) electrons. The summed E-state index contributed by atoms with van der Waals surface area (Å²) in [4.78, 5) is 17.0. The third-order valence-electron chi connectivity index (χ3n) is 5.11. The van der Waals surface area contributed by atoms with E-state index in [1.165, 1.54) is 0 Å². The zero-order chi connectivity index (χ0) is 18.8. The highest BCUT2D eigenvalue weighted by atomic mass is 35.5. The van der Waals surface area contributed by atoms with Crippen LogP contribution >= 0.6 is 11.6 Å². The van der Waals surface area contributed by atoms with Gasteiger partial charge in [-0.25, -0.2) is 0 Å². The number of piperazine rings is 1. The van der Waals surface area contributed by atoms with Crippen LogP contribution in [0.15, 0.2) is 54.7 Å². The molecule has 1 saturated heterocycles. The van der Waals surface area contributed by atoms with Gasteiger partial charge < -0.3 is 19.1 Å². The maximum atomic E-state index is 12.8. The molecule has 1 fully saturated rings. The summed E-state index contributed by atoms with van der Waals surface area (Å²) in [6, 6.07) is 15.8. The van der Waals surface area contributed by atoms with Crippen LogP contribution in [-0.2, 0) is 11.3 Å². The third-order valence-corrected chi connectivity index (χ3v) is 5.36. The number of fused-ring (bicyclic) bond motifs is 1. The fourth-order valence-corrected chi connectivity index (χ4v) is 3.68. The minimum Gasteiger partial charge on any atom is -0.497 e. The van der Waals surface area contributed by atoms with Crippen molar-refractivity contribution >= 4 is 34.1 Å². The molecule has 0 saturated carbocycles. The lowest BCUT2D eigenvalue weighted by Crippen LogP contribution is -2.49. The van der Waals surface area contributed by atoms with Crippen LogP contribution in [0.3, 0.4) is 0 Å². The van der Waals surface area contributed by atoms with E-state index >= 15 is 0 Å². The van der Waals surface area contributed by atoms with E-state index in [9.17, 15) is 4.79 Å². The lowest BCUT2D eigenvalue weighted by atomic mass is 10.2. The number of methoxy groups -OCH3 is 1. The number of hydrogen-bond donors (Lipinski definition) is 0. The standard InChI is InChI=1S/C21H22ClN3O2/c1-27-19-6-7-20-16(14-19)8-9-25(20)15-21(26)24-12-10-23(11-13-24)18-4-2-17(22)3-5-18/h2-9,14H,10-13,15H2,1H3. The number of halogens is 1. The second-order valence-corrected chi connectivity index (χ2v) is 7.15. The lowest BCUT2D eigenvalue weighted by molar-refractivity contribution is -0.132. The van der Waals surface area contributed by atoms with Gasteiger partial charge in [-0.15, -0.1) is 0 Å². The molecule has 0 spiro atoms. The fourth-order valence-electron chi connectivity index (χ4n) is 3.55. The first-order chi connectivity index (χ1) is 13.1. The van der Waals surface area contributed by atoms with Crippen molar-refractivity contribution < 1.29 is 9.53 Å². The largest absolute Gasteiger partial charge is 0.497 e. The molecule has 3 aromatic rings. The first-order valence-corrected chi connectivity index (χ1v) is 9.43. The van der Waals surface area contributed by atoms with Crippen molar-refractivity contribution in [2.75, 3.05) is 38.2 Å². The molecule has 2 heterocycles. The molecule has 5 nitrogen and oxygen atoms in total. The van der Waals surface area contributed by atoms with Gasteiger partial charge in [-0.05, 0) is 48.5 Å². The van der Waals surface area contributed by atoms with Crippen LogP contribution < -0.4 is 9.64 Å². The maximum Gasteiger partial charge on any atom is 0.242 e. The first kappa shape index (κ1) is 17.7. The van der Waals surface area contributed by atoms with E-state index in [0.29, 0.717) is 6.54 Å². The Morgan fingerprint density at radius 2 is 1.78 bits per heavy atom. The van der Waals surface area contributed by atoms with Crippen LogP contribution in [0, 0.1) is 0 Å². The monoisotopic (exact) mass is 383 g/mol. The molecule has 1 aliphatic rings. The molecule has 0 unspecified atom stereocenters. The van der Waals surface area contributed by atoms with Gasteiger partial charge >= 0.3 is 0 Å². The van der Waals surface area contributed by atoms with Gasteiger partial charge in [0, 0.05) is 54.0 Å². The summed E-state index contributed by atoms with van der Waals surface area (Å²) in [5.41, 5.74) is 2.20. The first-order valence-electron chi connectivity index (χ1n) is 9.05. The Balaban J connectivity index is 1.39. The Morgan fingerprint density at radius 1 is 1.04 bits per heavy atom. The van der Waals surface area contributed by atoms with E-state index in [-0.39, 0.29) is 5.91 Å². The molecular weight excluding hydrogens is 362 g/mol. The van der Waals surface area contributed by atoms with Gasteiger partial charge in [-0.3, -0.25) is 4.79 Å². The van der Waals surface area contributed by atoms with Crippen molar-refractivity contribution in [2.24, 2.45) is 0 Å². The number of benzene rings is 2. The number of amides is 1. The van der Waals surface area contributed by atoms with Crippen molar-refractivity contribution in [3.63, 3.8) is 0 Å². The van der Waals surface area contributed by atoms with E-state index in [1.54, 1.807) is 7.11 Å². The molecular formula is C21H22ClN3O2. The summed E-state index contributed by atoms with van der Waals surface area (Å²) >= 11 is 5.96. The number of rotatable bonds is 4. The Hall–Kier alpha value is -2.66. The Morgan fingerprint density at radius 3 is 2.48 bits per heavy atom. The average molecular weight is 384 g/mol. The molecule has 2 aromatic carbocycles. The van der Waals surface area contributed by atoms with Crippen LogP contribution in [0.4, 0.5) is 5.69 Å².